The van der Waals surface area contributed by atoms with Crippen LogP contribution in [0.15, 0.2) is 12.1 Å². The van der Waals surface area contributed by atoms with Gasteiger partial charge in [0.05, 0.1) is 19.8 Å². The molecule has 142 valence electrons. The van der Waals surface area contributed by atoms with Crippen LogP contribution in [0, 0.1) is 12.8 Å². The Labute approximate surface area is 155 Å². The zero-order valence-corrected chi connectivity index (χ0v) is 15.9. The maximum absolute atomic E-state index is 13.1. The van der Waals surface area contributed by atoms with E-state index in [1.807, 2.05) is 22.8 Å². The molecule has 6 heteroatoms. The van der Waals surface area contributed by atoms with Crippen LogP contribution in [0.25, 0.3) is 0 Å². The zero-order valence-electron chi connectivity index (χ0n) is 15.9. The molecule has 0 unspecified atom stereocenters. The van der Waals surface area contributed by atoms with Crippen LogP contribution in [0.1, 0.15) is 41.6 Å². The molecular formula is C20H28N2O4. The monoisotopic (exact) mass is 360 g/mol. The van der Waals surface area contributed by atoms with Crippen LogP contribution in [-0.4, -0.2) is 62.0 Å². The van der Waals surface area contributed by atoms with Gasteiger partial charge in [-0.05, 0) is 43.9 Å². The van der Waals surface area contributed by atoms with E-state index in [1.165, 1.54) is 0 Å². The molecule has 0 N–H and O–H groups in total. The number of carbonyl (C=O) groups is 2. The fraction of sp³-hybridized carbons (Fsp3) is 0.600. The van der Waals surface area contributed by atoms with Crippen LogP contribution in [0.5, 0.6) is 11.5 Å². The molecule has 1 aromatic rings. The van der Waals surface area contributed by atoms with Gasteiger partial charge in [-0.25, -0.2) is 0 Å². The second-order valence-corrected chi connectivity index (χ2v) is 7.12. The topological polar surface area (TPSA) is 59.1 Å². The standard InChI is InChI=1S/C20H28N2O4/c1-14-12-18(26-3)16(13-17(14)25-2)20(24)22-9-5-8-21(10-11-22)19(23)15-6-4-7-15/h12-13,15H,4-11H2,1-3H3. The Balaban J connectivity index is 1.73. The summed E-state index contributed by atoms with van der Waals surface area (Å²) in [5.41, 5.74) is 1.43. The molecule has 0 radical (unpaired) electrons. The van der Waals surface area contributed by atoms with Crippen LogP contribution in [-0.2, 0) is 4.79 Å². The normalized spacial score (nSPS) is 18.1. The third-order valence-electron chi connectivity index (χ3n) is 5.50. The largest absolute Gasteiger partial charge is 0.496 e. The van der Waals surface area contributed by atoms with Crippen molar-refractivity contribution in [2.75, 3.05) is 40.4 Å². The van der Waals surface area contributed by atoms with Crippen LogP contribution >= 0.6 is 0 Å². The minimum atomic E-state index is -0.0712. The molecule has 1 heterocycles. The van der Waals surface area contributed by atoms with E-state index in [-0.39, 0.29) is 17.7 Å². The van der Waals surface area contributed by atoms with Crippen molar-refractivity contribution in [2.45, 2.75) is 32.6 Å². The lowest BCUT2D eigenvalue weighted by Gasteiger charge is -2.31. The molecule has 0 spiro atoms. The number of aryl methyl sites for hydroxylation is 1. The Bertz CT molecular complexity index is 685. The third-order valence-corrected chi connectivity index (χ3v) is 5.50. The molecule has 3 rings (SSSR count). The Morgan fingerprint density at radius 1 is 0.923 bits per heavy atom. The maximum Gasteiger partial charge on any atom is 0.257 e. The fourth-order valence-electron chi connectivity index (χ4n) is 3.64. The highest BCUT2D eigenvalue weighted by molar-refractivity contribution is 5.97. The lowest BCUT2D eigenvalue weighted by atomic mass is 9.84. The molecule has 1 saturated carbocycles. The average molecular weight is 360 g/mol. The number of hydrogen-bond donors (Lipinski definition) is 0. The second kappa shape index (κ2) is 7.98. The first-order valence-electron chi connectivity index (χ1n) is 9.35. The Hall–Kier alpha value is -2.24. The van der Waals surface area contributed by atoms with Gasteiger partial charge in [-0.2, -0.15) is 0 Å². The fourth-order valence-corrected chi connectivity index (χ4v) is 3.64. The molecule has 2 aliphatic rings. The summed E-state index contributed by atoms with van der Waals surface area (Å²) in [4.78, 5) is 29.3. The highest BCUT2D eigenvalue weighted by atomic mass is 16.5. The van der Waals surface area contributed by atoms with Gasteiger partial charge in [0.2, 0.25) is 5.91 Å². The molecule has 0 bridgehead atoms. The quantitative estimate of drug-likeness (QED) is 0.828. The molecule has 1 saturated heterocycles. The van der Waals surface area contributed by atoms with Crippen molar-refractivity contribution in [1.29, 1.82) is 0 Å². The summed E-state index contributed by atoms with van der Waals surface area (Å²) in [7, 11) is 3.17. The first kappa shape index (κ1) is 18.5. The van der Waals surface area contributed by atoms with Gasteiger partial charge in [0, 0.05) is 32.1 Å². The van der Waals surface area contributed by atoms with Gasteiger partial charge in [-0.15, -0.1) is 0 Å². The van der Waals surface area contributed by atoms with Gasteiger partial charge in [0.1, 0.15) is 11.5 Å². The average Bonchev–Trinajstić information content (AvgIpc) is 2.85. The van der Waals surface area contributed by atoms with Crippen molar-refractivity contribution in [2.24, 2.45) is 5.92 Å². The Morgan fingerprint density at radius 3 is 2.19 bits per heavy atom. The van der Waals surface area contributed by atoms with Crippen LogP contribution in [0.2, 0.25) is 0 Å². The minimum absolute atomic E-state index is 0.0712. The highest BCUT2D eigenvalue weighted by Gasteiger charge is 2.31. The van der Waals surface area contributed by atoms with Gasteiger partial charge >= 0.3 is 0 Å². The number of hydrogen-bond acceptors (Lipinski definition) is 4. The summed E-state index contributed by atoms with van der Waals surface area (Å²) in [6, 6.07) is 3.58. The first-order valence-corrected chi connectivity index (χ1v) is 9.35. The Kier molecular flexibility index (Phi) is 5.69. The maximum atomic E-state index is 13.1. The molecule has 1 aliphatic heterocycles. The summed E-state index contributed by atoms with van der Waals surface area (Å²) in [5, 5.41) is 0. The minimum Gasteiger partial charge on any atom is -0.496 e. The van der Waals surface area contributed by atoms with E-state index in [0.717, 1.165) is 37.8 Å². The molecule has 1 aliphatic carbocycles. The van der Waals surface area contributed by atoms with Crippen molar-refractivity contribution in [3.63, 3.8) is 0 Å². The molecule has 2 fully saturated rings. The second-order valence-electron chi connectivity index (χ2n) is 7.12. The predicted molar refractivity (Wildman–Crippen MR) is 98.7 cm³/mol. The molecule has 1 aromatic carbocycles. The molecular weight excluding hydrogens is 332 g/mol. The van der Waals surface area contributed by atoms with E-state index >= 15 is 0 Å². The molecule has 0 aromatic heterocycles. The predicted octanol–water partition coefficient (Wildman–Crippen LogP) is 2.49. The van der Waals surface area contributed by atoms with Crippen molar-refractivity contribution in [3.05, 3.63) is 23.3 Å². The highest BCUT2D eigenvalue weighted by Crippen LogP contribution is 2.30. The number of nitrogens with zero attached hydrogens (tertiary/aromatic N) is 2. The van der Waals surface area contributed by atoms with Gasteiger partial charge in [0.15, 0.2) is 0 Å². The smallest absolute Gasteiger partial charge is 0.257 e. The van der Waals surface area contributed by atoms with Crippen molar-refractivity contribution < 1.29 is 19.1 Å². The SMILES string of the molecule is COc1cc(C(=O)N2CCCN(C(=O)C3CCC3)CC2)c(OC)cc1C. The number of methoxy groups -OCH3 is 2. The van der Waals surface area contributed by atoms with E-state index in [0.29, 0.717) is 36.7 Å². The summed E-state index contributed by atoms with van der Waals surface area (Å²) in [6.07, 6.45) is 3.98. The summed E-state index contributed by atoms with van der Waals surface area (Å²) in [6.45, 7) is 4.45. The lowest BCUT2D eigenvalue weighted by Crippen LogP contribution is -2.41. The lowest BCUT2D eigenvalue weighted by molar-refractivity contribution is -0.138. The number of rotatable bonds is 4. The molecule has 26 heavy (non-hydrogen) atoms. The van der Waals surface area contributed by atoms with E-state index < -0.39 is 0 Å². The van der Waals surface area contributed by atoms with Crippen LogP contribution in [0.3, 0.4) is 0 Å². The van der Waals surface area contributed by atoms with E-state index in [9.17, 15) is 9.59 Å². The Morgan fingerprint density at radius 2 is 1.58 bits per heavy atom. The van der Waals surface area contributed by atoms with Gasteiger partial charge < -0.3 is 19.3 Å². The summed E-state index contributed by atoms with van der Waals surface area (Å²) in [5.74, 6) is 1.63. The number of amides is 2. The number of ether oxygens (including phenoxy) is 2. The number of benzene rings is 1. The summed E-state index contributed by atoms with van der Waals surface area (Å²) < 4.78 is 10.8. The van der Waals surface area contributed by atoms with Gasteiger partial charge in [0.25, 0.3) is 5.91 Å². The molecule has 2 amide bonds. The van der Waals surface area contributed by atoms with E-state index in [1.54, 1.807) is 20.3 Å². The van der Waals surface area contributed by atoms with Gasteiger partial charge in [-0.3, -0.25) is 9.59 Å². The number of carbonyl (C=O) groups excluding carboxylic acids is 2. The van der Waals surface area contributed by atoms with E-state index in [4.69, 9.17) is 9.47 Å². The van der Waals surface area contributed by atoms with Crippen LogP contribution in [0.4, 0.5) is 0 Å². The first-order chi connectivity index (χ1) is 12.5. The van der Waals surface area contributed by atoms with Gasteiger partial charge in [-0.1, -0.05) is 6.42 Å². The van der Waals surface area contributed by atoms with E-state index in [2.05, 4.69) is 0 Å². The summed E-state index contributed by atoms with van der Waals surface area (Å²) >= 11 is 0. The van der Waals surface area contributed by atoms with Crippen LogP contribution < -0.4 is 9.47 Å². The van der Waals surface area contributed by atoms with Crippen molar-refractivity contribution >= 4 is 11.8 Å². The third kappa shape index (κ3) is 3.64. The molecule has 0 atom stereocenters. The zero-order chi connectivity index (χ0) is 18.7. The molecule has 6 nitrogen and oxygen atoms in total. The van der Waals surface area contributed by atoms with Crippen molar-refractivity contribution in [1.82, 2.24) is 9.80 Å². The van der Waals surface area contributed by atoms with Crippen molar-refractivity contribution in [3.8, 4) is 11.5 Å².